The quantitative estimate of drug-likeness (QED) is 0.663. The van der Waals surface area contributed by atoms with E-state index in [1.165, 1.54) is 0 Å². The van der Waals surface area contributed by atoms with Gasteiger partial charge >= 0.3 is 0 Å². The Kier molecular flexibility index (Phi) is 5.91. The third-order valence-corrected chi connectivity index (χ3v) is 5.12. The van der Waals surface area contributed by atoms with E-state index in [4.69, 9.17) is 9.47 Å². The van der Waals surface area contributed by atoms with Gasteiger partial charge in [0.15, 0.2) is 0 Å². The molecule has 1 aliphatic rings. The highest BCUT2D eigenvalue weighted by molar-refractivity contribution is 5.94. The molecule has 2 heterocycles. The molecule has 1 aliphatic heterocycles. The minimum absolute atomic E-state index is 0.102. The molecule has 0 unspecified atom stereocenters. The van der Waals surface area contributed by atoms with Gasteiger partial charge in [0.1, 0.15) is 12.4 Å². The van der Waals surface area contributed by atoms with Crippen molar-refractivity contribution in [3.05, 3.63) is 78.4 Å². The summed E-state index contributed by atoms with van der Waals surface area (Å²) >= 11 is 0. The standard InChI is InChI=1S/C23H25N3O3/c1-17(18-4-8-20(9-5-18)26-13-12-24-16-26)25-23(27)19-6-10-21(11-7-19)29-15-22-3-2-14-28-22/h4-13,16-17,22H,2-3,14-15H2,1H3,(H,25,27)/t17-,22+/m1/s1. The number of ether oxygens (including phenoxy) is 2. The van der Waals surface area contributed by atoms with E-state index in [-0.39, 0.29) is 18.1 Å². The van der Waals surface area contributed by atoms with E-state index in [2.05, 4.69) is 10.3 Å². The van der Waals surface area contributed by atoms with Crippen LogP contribution in [0.15, 0.2) is 67.3 Å². The maximum absolute atomic E-state index is 12.6. The molecule has 2 atom stereocenters. The molecule has 1 amide bonds. The largest absolute Gasteiger partial charge is 0.491 e. The molecule has 1 saturated heterocycles. The van der Waals surface area contributed by atoms with Crippen molar-refractivity contribution in [2.75, 3.05) is 13.2 Å². The van der Waals surface area contributed by atoms with E-state index in [1.54, 1.807) is 24.7 Å². The lowest BCUT2D eigenvalue weighted by atomic mass is 10.1. The Morgan fingerprint density at radius 2 is 2.03 bits per heavy atom. The molecule has 2 aromatic carbocycles. The predicted octanol–water partition coefficient (Wildman–Crippen LogP) is 3.92. The lowest BCUT2D eigenvalue weighted by Gasteiger charge is -2.15. The lowest BCUT2D eigenvalue weighted by molar-refractivity contribution is 0.0679. The van der Waals surface area contributed by atoms with Crippen LogP contribution in [0.3, 0.4) is 0 Å². The molecule has 29 heavy (non-hydrogen) atoms. The zero-order chi connectivity index (χ0) is 20.1. The average Bonchev–Trinajstić information content (AvgIpc) is 3.47. The molecule has 150 valence electrons. The molecule has 0 saturated carbocycles. The Morgan fingerprint density at radius 3 is 2.69 bits per heavy atom. The van der Waals surface area contributed by atoms with Crippen LogP contribution in [-0.2, 0) is 4.74 Å². The van der Waals surface area contributed by atoms with Crippen LogP contribution in [0.5, 0.6) is 5.75 Å². The van der Waals surface area contributed by atoms with Crippen molar-refractivity contribution in [2.45, 2.75) is 31.9 Å². The van der Waals surface area contributed by atoms with E-state index >= 15 is 0 Å². The van der Waals surface area contributed by atoms with Gasteiger partial charge in [-0.05, 0) is 61.7 Å². The monoisotopic (exact) mass is 391 g/mol. The van der Waals surface area contributed by atoms with Crippen LogP contribution in [0.25, 0.3) is 5.69 Å². The predicted molar refractivity (Wildman–Crippen MR) is 110 cm³/mol. The van der Waals surface area contributed by atoms with Gasteiger partial charge in [-0.3, -0.25) is 4.79 Å². The first kappa shape index (κ1) is 19.2. The van der Waals surface area contributed by atoms with Crippen molar-refractivity contribution in [3.8, 4) is 11.4 Å². The maximum Gasteiger partial charge on any atom is 0.251 e. The smallest absolute Gasteiger partial charge is 0.251 e. The van der Waals surface area contributed by atoms with Gasteiger partial charge in [0.05, 0.1) is 18.5 Å². The maximum atomic E-state index is 12.6. The van der Waals surface area contributed by atoms with Gasteiger partial charge in [0, 0.05) is 30.3 Å². The Hall–Kier alpha value is -3.12. The number of nitrogens with one attached hydrogen (secondary N) is 1. The molecule has 4 rings (SSSR count). The van der Waals surface area contributed by atoms with Crippen LogP contribution in [0.4, 0.5) is 0 Å². The van der Waals surface area contributed by atoms with Crippen molar-refractivity contribution in [2.24, 2.45) is 0 Å². The first-order chi connectivity index (χ1) is 14.2. The van der Waals surface area contributed by atoms with Gasteiger partial charge in [-0.15, -0.1) is 0 Å². The van der Waals surface area contributed by atoms with E-state index in [9.17, 15) is 4.79 Å². The fourth-order valence-electron chi connectivity index (χ4n) is 3.38. The van der Waals surface area contributed by atoms with Crippen LogP contribution in [-0.4, -0.2) is 34.8 Å². The summed E-state index contributed by atoms with van der Waals surface area (Å²) in [4.78, 5) is 16.6. The molecule has 1 N–H and O–H groups in total. The second-order valence-electron chi connectivity index (χ2n) is 7.23. The fraction of sp³-hybridized carbons (Fsp3) is 0.304. The number of rotatable bonds is 7. The zero-order valence-corrected chi connectivity index (χ0v) is 16.5. The van der Waals surface area contributed by atoms with Crippen LogP contribution >= 0.6 is 0 Å². The summed E-state index contributed by atoms with van der Waals surface area (Å²) in [6.07, 6.45) is 7.72. The molecular weight excluding hydrogens is 366 g/mol. The number of aromatic nitrogens is 2. The summed E-state index contributed by atoms with van der Waals surface area (Å²) in [5.74, 6) is 0.641. The van der Waals surface area contributed by atoms with E-state index < -0.39 is 0 Å². The fourth-order valence-corrected chi connectivity index (χ4v) is 3.38. The van der Waals surface area contributed by atoms with Crippen molar-refractivity contribution in [1.29, 1.82) is 0 Å². The number of hydrogen-bond acceptors (Lipinski definition) is 4. The Bertz CT molecular complexity index is 915. The van der Waals surface area contributed by atoms with E-state index in [1.807, 2.05) is 54.1 Å². The highest BCUT2D eigenvalue weighted by Crippen LogP contribution is 2.19. The highest BCUT2D eigenvalue weighted by Gasteiger charge is 2.16. The topological polar surface area (TPSA) is 65.4 Å². The van der Waals surface area contributed by atoms with Gasteiger partial charge in [-0.25, -0.2) is 4.98 Å². The van der Waals surface area contributed by atoms with Gasteiger partial charge < -0.3 is 19.4 Å². The Labute approximate surface area is 170 Å². The number of hydrogen-bond donors (Lipinski definition) is 1. The summed E-state index contributed by atoms with van der Waals surface area (Å²) in [6, 6.07) is 15.2. The van der Waals surface area contributed by atoms with Crippen molar-refractivity contribution in [1.82, 2.24) is 14.9 Å². The first-order valence-corrected chi connectivity index (χ1v) is 9.92. The number of benzene rings is 2. The summed E-state index contributed by atoms with van der Waals surface area (Å²) in [5.41, 5.74) is 2.68. The van der Waals surface area contributed by atoms with E-state index in [0.717, 1.165) is 36.4 Å². The SMILES string of the molecule is C[C@@H](NC(=O)c1ccc(OC[C@@H]2CCCO2)cc1)c1ccc(-n2ccnc2)cc1. The second-order valence-corrected chi connectivity index (χ2v) is 7.23. The second kappa shape index (κ2) is 8.92. The van der Waals surface area contributed by atoms with Crippen LogP contribution in [0.2, 0.25) is 0 Å². The minimum Gasteiger partial charge on any atom is -0.491 e. The Balaban J connectivity index is 1.32. The number of carbonyl (C=O) groups is 1. The molecular formula is C23H25N3O3. The molecule has 0 bridgehead atoms. The third-order valence-electron chi connectivity index (χ3n) is 5.12. The van der Waals surface area contributed by atoms with Crippen molar-refractivity contribution in [3.63, 3.8) is 0 Å². The highest BCUT2D eigenvalue weighted by atomic mass is 16.5. The van der Waals surface area contributed by atoms with Crippen LogP contribution < -0.4 is 10.1 Å². The zero-order valence-electron chi connectivity index (χ0n) is 16.5. The number of carbonyl (C=O) groups excluding carboxylic acids is 1. The van der Waals surface area contributed by atoms with Crippen LogP contribution in [0, 0.1) is 0 Å². The average molecular weight is 391 g/mol. The van der Waals surface area contributed by atoms with Gasteiger partial charge in [0.2, 0.25) is 0 Å². The van der Waals surface area contributed by atoms with Gasteiger partial charge in [0.25, 0.3) is 5.91 Å². The normalized spacial score (nSPS) is 17.1. The minimum atomic E-state index is -0.109. The molecule has 3 aromatic rings. The summed E-state index contributed by atoms with van der Waals surface area (Å²) in [7, 11) is 0. The molecule has 0 aliphatic carbocycles. The van der Waals surface area contributed by atoms with Crippen molar-refractivity contribution >= 4 is 5.91 Å². The number of amides is 1. The summed E-state index contributed by atoms with van der Waals surface area (Å²) in [5, 5.41) is 3.04. The summed E-state index contributed by atoms with van der Waals surface area (Å²) in [6.45, 7) is 3.35. The third kappa shape index (κ3) is 4.84. The molecule has 0 radical (unpaired) electrons. The number of imidazole rings is 1. The van der Waals surface area contributed by atoms with Crippen molar-refractivity contribution < 1.29 is 14.3 Å². The van der Waals surface area contributed by atoms with Gasteiger partial charge in [-0.1, -0.05) is 12.1 Å². The molecule has 1 aromatic heterocycles. The molecule has 1 fully saturated rings. The van der Waals surface area contributed by atoms with Gasteiger partial charge in [-0.2, -0.15) is 0 Å². The molecule has 0 spiro atoms. The molecule has 6 nitrogen and oxygen atoms in total. The summed E-state index contributed by atoms with van der Waals surface area (Å²) < 4.78 is 13.3. The van der Waals surface area contributed by atoms with E-state index in [0.29, 0.717) is 12.2 Å². The first-order valence-electron chi connectivity index (χ1n) is 9.92. The van der Waals surface area contributed by atoms with Crippen LogP contribution in [0.1, 0.15) is 41.7 Å². The number of nitrogens with zero attached hydrogens (tertiary/aromatic N) is 2. The Morgan fingerprint density at radius 1 is 1.24 bits per heavy atom. The molecule has 6 heteroatoms. The lowest BCUT2D eigenvalue weighted by Crippen LogP contribution is -2.26.